The largest absolute Gasteiger partial charge is 0.395 e. The number of aromatic amines is 1. The summed E-state index contributed by atoms with van der Waals surface area (Å²) < 4.78 is 24.2. The number of nitrogens with one attached hydrogen (secondary N) is 1. The average Bonchev–Trinajstić information content (AvgIpc) is 2.68. The van der Waals surface area contributed by atoms with Gasteiger partial charge < -0.3 is 10.0 Å². The Bertz CT molecular complexity index is 304. The molecule has 0 fully saturated rings. The zero-order valence-electron chi connectivity index (χ0n) is 7.73. The second-order valence-electron chi connectivity index (χ2n) is 2.70. The van der Waals surface area contributed by atoms with Crippen molar-refractivity contribution in [3.63, 3.8) is 0 Å². The molecule has 1 amide bonds. The smallest absolute Gasteiger partial charge is 0.291 e. The Labute approximate surface area is 83.9 Å². The number of carbonyl (C=O) groups is 1. The quantitative estimate of drug-likeness (QED) is 0.701. The molecular weight excluding hydrogens is 210 g/mol. The molecule has 0 saturated carbocycles. The van der Waals surface area contributed by atoms with E-state index in [9.17, 15) is 13.6 Å². The SMILES string of the molecule is O=C(c1ncn[nH]1)N(CCO)CC(F)F. The second kappa shape index (κ2) is 5.35. The summed E-state index contributed by atoms with van der Waals surface area (Å²) >= 11 is 0. The molecule has 0 aliphatic carbocycles. The number of rotatable bonds is 5. The van der Waals surface area contributed by atoms with Crippen LogP contribution in [-0.2, 0) is 0 Å². The highest BCUT2D eigenvalue weighted by molar-refractivity contribution is 5.90. The summed E-state index contributed by atoms with van der Waals surface area (Å²) in [6.07, 6.45) is -1.55. The molecule has 0 aliphatic rings. The van der Waals surface area contributed by atoms with E-state index in [1.807, 2.05) is 0 Å². The Hall–Kier alpha value is -1.57. The van der Waals surface area contributed by atoms with Gasteiger partial charge in [0, 0.05) is 6.54 Å². The molecule has 0 radical (unpaired) electrons. The third-order valence-corrected chi connectivity index (χ3v) is 1.63. The van der Waals surface area contributed by atoms with Gasteiger partial charge in [0.2, 0.25) is 5.82 Å². The number of carbonyl (C=O) groups excluding carboxylic acids is 1. The fourth-order valence-electron chi connectivity index (χ4n) is 1.02. The van der Waals surface area contributed by atoms with Crippen LogP contribution >= 0.6 is 0 Å². The number of aromatic nitrogens is 3. The highest BCUT2D eigenvalue weighted by Crippen LogP contribution is 2.02. The standard InChI is InChI=1S/C7H10F2N4O2/c8-5(9)3-13(1-2-14)7(15)6-10-4-11-12-6/h4-5,14H,1-3H2,(H,10,11,12). The minimum absolute atomic E-state index is 0.121. The van der Waals surface area contributed by atoms with Gasteiger partial charge in [-0.25, -0.2) is 13.8 Å². The van der Waals surface area contributed by atoms with Crippen molar-refractivity contribution in [2.24, 2.45) is 0 Å². The third kappa shape index (κ3) is 3.24. The molecule has 1 aromatic rings. The van der Waals surface area contributed by atoms with Crippen molar-refractivity contribution in [3.05, 3.63) is 12.2 Å². The van der Waals surface area contributed by atoms with Gasteiger partial charge in [-0.3, -0.25) is 9.89 Å². The number of hydrogen-bond donors (Lipinski definition) is 2. The predicted octanol–water partition coefficient (Wildman–Crippen LogP) is -0.496. The molecule has 0 unspecified atom stereocenters. The number of amides is 1. The molecule has 8 heteroatoms. The van der Waals surface area contributed by atoms with Crippen LogP contribution in [0.5, 0.6) is 0 Å². The van der Waals surface area contributed by atoms with Crippen LogP contribution in [0.25, 0.3) is 0 Å². The van der Waals surface area contributed by atoms with E-state index >= 15 is 0 Å². The molecule has 0 aliphatic heterocycles. The van der Waals surface area contributed by atoms with Gasteiger partial charge in [-0.05, 0) is 0 Å². The van der Waals surface area contributed by atoms with Gasteiger partial charge in [0.25, 0.3) is 12.3 Å². The second-order valence-corrected chi connectivity index (χ2v) is 2.70. The zero-order chi connectivity index (χ0) is 11.3. The lowest BCUT2D eigenvalue weighted by Crippen LogP contribution is -2.37. The molecule has 0 aromatic carbocycles. The number of hydrogen-bond acceptors (Lipinski definition) is 4. The maximum atomic E-state index is 12.1. The van der Waals surface area contributed by atoms with Crippen molar-refractivity contribution in [2.45, 2.75) is 6.43 Å². The van der Waals surface area contributed by atoms with Crippen molar-refractivity contribution in [2.75, 3.05) is 19.7 Å². The first-order valence-corrected chi connectivity index (χ1v) is 4.18. The number of aliphatic hydroxyl groups excluding tert-OH is 1. The summed E-state index contributed by atoms with van der Waals surface area (Å²) in [5.74, 6) is -0.828. The molecule has 84 valence electrons. The number of H-pyrrole nitrogens is 1. The summed E-state index contributed by atoms with van der Waals surface area (Å²) in [6.45, 7) is -1.28. The summed E-state index contributed by atoms with van der Waals surface area (Å²) in [6, 6.07) is 0. The van der Waals surface area contributed by atoms with Crippen molar-refractivity contribution in [3.8, 4) is 0 Å². The molecule has 0 atom stereocenters. The summed E-state index contributed by atoms with van der Waals surface area (Å²) in [4.78, 5) is 15.8. The Morgan fingerprint density at radius 1 is 1.67 bits per heavy atom. The number of aliphatic hydroxyl groups is 1. The molecule has 0 saturated heterocycles. The van der Waals surface area contributed by atoms with Crippen LogP contribution in [-0.4, -0.2) is 57.2 Å². The van der Waals surface area contributed by atoms with E-state index in [1.54, 1.807) is 0 Å². The third-order valence-electron chi connectivity index (χ3n) is 1.63. The first-order chi connectivity index (χ1) is 7.15. The Balaban J connectivity index is 2.67. The van der Waals surface area contributed by atoms with E-state index in [0.717, 1.165) is 11.2 Å². The Morgan fingerprint density at radius 3 is 2.87 bits per heavy atom. The maximum Gasteiger partial charge on any atom is 0.291 e. The predicted molar refractivity (Wildman–Crippen MR) is 45.4 cm³/mol. The van der Waals surface area contributed by atoms with Gasteiger partial charge in [0.15, 0.2) is 0 Å². The van der Waals surface area contributed by atoms with Gasteiger partial charge >= 0.3 is 0 Å². The molecule has 6 nitrogen and oxygen atoms in total. The van der Waals surface area contributed by atoms with Crippen LogP contribution in [0, 0.1) is 0 Å². The van der Waals surface area contributed by atoms with Crippen molar-refractivity contribution < 1.29 is 18.7 Å². The van der Waals surface area contributed by atoms with Gasteiger partial charge in [0.05, 0.1) is 13.2 Å². The van der Waals surface area contributed by atoms with Crippen LogP contribution in [0.15, 0.2) is 6.33 Å². The van der Waals surface area contributed by atoms with Gasteiger partial charge in [0.1, 0.15) is 6.33 Å². The van der Waals surface area contributed by atoms with Crippen LogP contribution in [0.1, 0.15) is 10.6 Å². The Morgan fingerprint density at radius 2 is 2.40 bits per heavy atom. The monoisotopic (exact) mass is 220 g/mol. The Kier molecular flexibility index (Phi) is 4.10. The highest BCUT2D eigenvalue weighted by atomic mass is 19.3. The van der Waals surface area contributed by atoms with Crippen molar-refractivity contribution >= 4 is 5.91 Å². The molecule has 0 spiro atoms. The molecular formula is C7H10F2N4O2. The van der Waals surface area contributed by atoms with Crippen LogP contribution < -0.4 is 0 Å². The first-order valence-electron chi connectivity index (χ1n) is 4.18. The number of halogens is 2. The van der Waals surface area contributed by atoms with Gasteiger partial charge in [-0.1, -0.05) is 0 Å². The van der Waals surface area contributed by atoms with Crippen molar-refractivity contribution in [1.29, 1.82) is 0 Å². The number of alkyl halides is 2. The first kappa shape index (κ1) is 11.5. The molecule has 15 heavy (non-hydrogen) atoms. The number of nitrogens with zero attached hydrogens (tertiary/aromatic N) is 3. The molecule has 0 bridgehead atoms. The highest BCUT2D eigenvalue weighted by Gasteiger charge is 2.21. The lowest BCUT2D eigenvalue weighted by Gasteiger charge is -2.19. The topological polar surface area (TPSA) is 82.1 Å². The lowest BCUT2D eigenvalue weighted by atomic mass is 10.4. The van der Waals surface area contributed by atoms with E-state index in [1.165, 1.54) is 0 Å². The van der Waals surface area contributed by atoms with E-state index in [2.05, 4.69) is 15.2 Å². The molecule has 2 N–H and O–H groups in total. The van der Waals surface area contributed by atoms with Crippen LogP contribution in [0.2, 0.25) is 0 Å². The molecule has 1 aromatic heterocycles. The summed E-state index contributed by atoms with van der Waals surface area (Å²) in [5, 5.41) is 14.3. The molecule has 1 rings (SSSR count). The molecule has 1 heterocycles. The minimum atomic E-state index is -2.65. The zero-order valence-corrected chi connectivity index (χ0v) is 7.73. The lowest BCUT2D eigenvalue weighted by molar-refractivity contribution is 0.0499. The van der Waals surface area contributed by atoms with Crippen molar-refractivity contribution in [1.82, 2.24) is 20.1 Å². The normalized spacial score (nSPS) is 10.7. The fourth-order valence-corrected chi connectivity index (χ4v) is 1.02. The van der Waals surface area contributed by atoms with Gasteiger partial charge in [-0.15, -0.1) is 0 Å². The van der Waals surface area contributed by atoms with E-state index < -0.39 is 18.9 Å². The summed E-state index contributed by atoms with van der Waals surface area (Å²) in [5.41, 5.74) is 0. The van der Waals surface area contributed by atoms with Crippen LogP contribution in [0.4, 0.5) is 8.78 Å². The average molecular weight is 220 g/mol. The summed E-state index contributed by atoms with van der Waals surface area (Å²) in [7, 11) is 0. The van der Waals surface area contributed by atoms with Gasteiger partial charge in [-0.2, -0.15) is 5.10 Å². The van der Waals surface area contributed by atoms with E-state index in [-0.39, 0.29) is 19.0 Å². The minimum Gasteiger partial charge on any atom is -0.395 e. The van der Waals surface area contributed by atoms with E-state index in [0.29, 0.717) is 0 Å². The fraction of sp³-hybridized carbons (Fsp3) is 0.571. The van der Waals surface area contributed by atoms with Crippen LogP contribution in [0.3, 0.4) is 0 Å². The maximum absolute atomic E-state index is 12.1. The van der Waals surface area contributed by atoms with E-state index in [4.69, 9.17) is 5.11 Å².